The number of nitrogens with one attached hydrogen (secondary N) is 1. The first-order valence-electron chi connectivity index (χ1n) is 7.49. The van der Waals surface area contributed by atoms with Crippen molar-refractivity contribution < 1.29 is 4.74 Å². The second-order valence-electron chi connectivity index (χ2n) is 5.65. The maximum absolute atomic E-state index is 5.82. The molecule has 0 aliphatic rings. The molecular weight excluding hydrogens is 248 g/mol. The van der Waals surface area contributed by atoms with E-state index >= 15 is 0 Å². The van der Waals surface area contributed by atoms with Gasteiger partial charge in [0.2, 0.25) is 0 Å². The zero-order chi connectivity index (χ0) is 14.7. The topological polar surface area (TPSA) is 26.2 Å². The highest BCUT2D eigenvalue weighted by Crippen LogP contribution is 2.29. The van der Waals surface area contributed by atoms with Crippen LogP contribution in [-0.4, -0.2) is 17.2 Å². The van der Waals surface area contributed by atoms with Crippen LogP contribution in [0.15, 0.2) is 18.2 Å². The number of fused-ring (bicyclic) bond motifs is 1. The molecule has 2 aromatic rings. The number of aromatic nitrogens is 1. The molecule has 0 spiro atoms. The fourth-order valence-electron chi connectivity index (χ4n) is 2.59. The summed E-state index contributed by atoms with van der Waals surface area (Å²) in [6, 6.07) is 6.39. The average Bonchev–Trinajstić information content (AvgIpc) is 2.63. The zero-order valence-corrected chi connectivity index (χ0v) is 13.3. The summed E-state index contributed by atoms with van der Waals surface area (Å²) in [6.07, 6.45) is 1.37. The van der Waals surface area contributed by atoms with Gasteiger partial charge in [-0.25, -0.2) is 0 Å². The van der Waals surface area contributed by atoms with E-state index in [2.05, 4.69) is 62.8 Å². The van der Waals surface area contributed by atoms with Gasteiger partial charge in [0.25, 0.3) is 0 Å². The van der Waals surface area contributed by atoms with Crippen molar-refractivity contribution in [2.24, 2.45) is 7.05 Å². The summed E-state index contributed by atoms with van der Waals surface area (Å²) in [5, 5.41) is 4.80. The van der Waals surface area contributed by atoms with Gasteiger partial charge in [-0.2, -0.15) is 0 Å². The van der Waals surface area contributed by atoms with Gasteiger partial charge in [0, 0.05) is 30.2 Å². The Morgan fingerprint density at radius 3 is 2.70 bits per heavy atom. The number of ether oxygens (including phenoxy) is 1. The molecule has 0 aliphatic carbocycles. The smallest absolute Gasteiger partial charge is 0.120 e. The zero-order valence-electron chi connectivity index (χ0n) is 13.3. The molecule has 2 rings (SSSR count). The van der Waals surface area contributed by atoms with Crippen molar-refractivity contribution in [3.63, 3.8) is 0 Å². The van der Waals surface area contributed by atoms with Crippen LogP contribution in [0.1, 0.15) is 38.4 Å². The molecule has 1 heterocycles. The molecule has 1 aromatic carbocycles. The van der Waals surface area contributed by atoms with E-state index in [4.69, 9.17) is 4.74 Å². The number of aryl methyl sites for hydroxylation is 1. The molecule has 0 bridgehead atoms. The van der Waals surface area contributed by atoms with E-state index in [1.165, 1.54) is 22.2 Å². The summed E-state index contributed by atoms with van der Waals surface area (Å²) < 4.78 is 8.08. The summed E-state index contributed by atoms with van der Waals surface area (Å²) in [7, 11) is 2.13. The van der Waals surface area contributed by atoms with Crippen molar-refractivity contribution in [2.45, 2.75) is 46.8 Å². The number of hydrogen-bond donors (Lipinski definition) is 1. The first-order valence-corrected chi connectivity index (χ1v) is 7.49. The number of hydrogen-bond acceptors (Lipinski definition) is 2. The summed E-state index contributed by atoms with van der Waals surface area (Å²) in [6.45, 7) is 10.5. The molecule has 0 unspecified atom stereocenters. The van der Waals surface area contributed by atoms with E-state index < -0.39 is 0 Å². The van der Waals surface area contributed by atoms with Gasteiger partial charge in [-0.15, -0.1) is 0 Å². The Balaban J connectivity index is 2.40. The van der Waals surface area contributed by atoms with Crippen molar-refractivity contribution in [3.05, 3.63) is 29.5 Å². The minimum absolute atomic E-state index is 0.207. The van der Waals surface area contributed by atoms with Gasteiger partial charge in [0.05, 0.1) is 6.10 Å². The Kier molecular flexibility index (Phi) is 4.71. The third kappa shape index (κ3) is 2.98. The molecule has 110 valence electrons. The first kappa shape index (κ1) is 14.9. The first-order chi connectivity index (χ1) is 9.54. The minimum atomic E-state index is 0.207. The van der Waals surface area contributed by atoms with Gasteiger partial charge >= 0.3 is 0 Å². The second-order valence-corrected chi connectivity index (χ2v) is 5.65. The molecule has 0 saturated heterocycles. The monoisotopic (exact) mass is 274 g/mol. The van der Waals surface area contributed by atoms with E-state index in [1.54, 1.807) is 0 Å². The average molecular weight is 274 g/mol. The molecule has 3 nitrogen and oxygen atoms in total. The largest absolute Gasteiger partial charge is 0.491 e. The van der Waals surface area contributed by atoms with E-state index in [-0.39, 0.29) is 6.10 Å². The number of rotatable bonds is 6. The molecule has 0 amide bonds. The number of nitrogens with zero attached hydrogens (tertiary/aromatic N) is 1. The summed E-state index contributed by atoms with van der Waals surface area (Å²) in [5.74, 6) is 0.954. The maximum Gasteiger partial charge on any atom is 0.120 e. The van der Waals surface area contributed by atoms with E-state index in [0.717, 1.165) is 25.3 Å². The normalized spacial score (nSPS) is 11.5. The molecule has 20 heavy (non-hydrogen) atoms. The Morgan fingerprint density at radius 2 is 2.05 bits per heavy atom. The minimum Gasteiger partial charge on any atom is -0.491 e. The maximum atomic E-state index is 5.82. The lowest BCUT2D eigenvalue weighted by molar-refractivity contribution is 0.243. The lowest BCUT2D eigenvalue weighted by Crippen LogP contribution is -2.14. The molecule has 1 N–H and O–H groups in total. The van der Waals surface area contributed by atoms with E-state index in [9.17, 15) is 0 Å². The lowest BCUT2D eigenvalue weighted by atomic mass is 10.1. The molecule has 0 fully saturated rings. The van der Waals surface area contributed by atoms with E-state index in [1.807, 2.05) is 0 Å². The summed E-state index contributed by atoms with van der Waals surface area (Å²) >= 11 is 0. The van der Waals surface area contributed by atoms with Crippen LogP contribution in [0, 0.1) is 6.92 Å². The van der Waals surface area contributed by atoms with Gasteiger partial charge < -0.3 is 14.6 Å². The SMILES string of the molecule is CCCNCc1c(C)n(C)c2ccc(OC(C)C)cc12. The van der Waals surface area contributed by atoms with Gasteiger partial charge in [0.1, 0.15) is 5.75 Å². The van der Waals surface area contributed by atoms with Crippen LogP contribution in [0.2, 0.25) is 0 Å². The van der Waals surface area contributed by atoms with Crippen molar-refractivity contribution in [1.82, 2.24) is 9.88 Å². The third-order valence-electron chi connectivity index (χ3n) is 3.69. The Bertz CT molecular complexity index is 584. The molecule has 1 aromatic heterocycles. The molecular formula is C17H26N2O. The van der Waals surface area contributed by atoms with Crippen LogP contribution in [0.3, 0.4) is 0 Å². The van der Waals surface area contributed by atoms with Gasteiger partial charge in [-0.3, -0.25) is 0 Å². The van der Waals surface area contributed by atoms with Gasteiger partial charge in [0.15, 0.2) is 0 Å². The van der Waals surface area contributed by atoms with E-state index in [0.29, 0.717) is 0 Å². The van der Waals surface area contributed by atoms with Crippen LogP contribution >= 0.6 is 0 Å². The van der Waals surface area contributed by atoms with Gasteiger partial charge in [-0.05, 0) is 57.5 Å². The fourth-order valence-corrected chi connectivity index (χ4v) is 2.59. The van der Waals surface area contributed by atoms with Crippen LogP contribution in [0.4, 0.5) is 0 Å². The standard InChI is InChI=1S/C17H26N2O/c1-6-9-18-11-16-13(4)19(5)17-8-7-14(10-15(16)17)20-12(2)3/h7-8,10,12,18H,6,9,11H2,1-5H3. The third-order valence-corrected chi connectivity index (χ3v) is 3.69. The van der Waals surface area contributed by atoms with Crippen molar-refractivity contribution >= 4 is 10.9 Å². The highest BCUT2D eigenvalue weighted by Gasteiger charge is 2.12. The van der Waals surface area contributed by atoms with Crippen molar-refractivity contribution in [1.29, 1.82) is 0 Å². The van der Waals surface area contributed by atoms with Crippen molar-refractivity contribution in [2.75, 3.05) is 6.54 Å². The van der Waals surface area contributed by atoms with Crippen LogP contribution in [0.25, 0.3) is 10.9 Å². The predicted molar refractivity (Wildman–Crippen MR) is 85.4 cm³/mol. The predicted octanol–water partition coefficient (Wildman–Crippen LogP) is 3.77. The molecule has 0 atom stereocenters. The second kappa shape index (κ2) is 6.31. The highest BCUT2D eigenvalue weighted by atomic mass is 16.5. The van der Waals surface area contributed by atoms with Crippen LogP contribution in [0.5, 0.6) is 5.75 Å². The quantitative estimate of drug-likeness (QED) is 0.811. The summed E-state index contributed by atoms with van der Waals surface area (Å²) in [4.78, 5) is 0. The van der Waals surface area contributed by atoms with Crippen molar-refractivity contribution in [3.8, 4) is 5.75 Å². The van der Waals surface area contributed by atoms with Gasteiger partial charge in [-0.1, -0.05) is 6.92 Å². The molecule has 0 radical (unpaired) electrons. The van der Waals surface area contributed by atoms with Crippen LogP contribution in [-0.2, 0) is 13.6 Å². The Hall–Kier alpha value is -1.48. The molecule has 3 heteroatoms. The number of benzene rings is 1. The lowest BCUT2D eigenvalue weighted by Gasteiger charge is -2.10. The molecule has 0 aliphatic heterocycles. The fraction of sp³-hybridized carbons (Fsp3) is 0.529. The van der Waals surface area contributed by atoms with Crippen LogP contribution < -0.4 is 10.1 Å². The molecule has 0 saturated carbocycles. The Labute approximate surface area is 121 Å². The highest BCUT2D eigenvalue weighted by molar-refractivity contribution is 5.86. The summed E-state index contributed by atoms with van der Waals surface area (Å²) in [5.41, 5.74) is 3.97. The Morgan fingerprint density at radius 1 is 1.30 bits per heavy atom.